The van der Waals surface area contributed by atoms with E-state index < -0.39 is 0 Å². The summed E-state index contributed by atoms with van der Waals surface area (Å²) in [5, 5.41) is 8.45. The lowest BCUT2D eigenvalue weighted by molar-refractivity contribution is 0.0154. The molecule has 0 radical (unpaired) electrons. The second-order valence-corrected chi connectivity index (χ2v) is 9.20. The van der Waals surface area contributed by atoms with Gasteiger partial charge >= 0.3 is 0 Å². The Morgan fingerprint density at radius 3 is 2.45 bits per heavy atom. The SMILES string of the molecule is CN=C(NCC1CN2CCN1CC2)NC1CCN(Cc2ccc(Cl)c(Cl)c2)CC1. The predicted octanol–water partition coefficient (Wildman–Crippen LogP) is 2.12. The van der Waals surface area contributed by atoms with Crippen molar-refractivity contribution < 1.29 is 0 Å². The highest BCUT2D eigenvalue weighted by Gasteiger charge is 2.31. The molecule has 1 unspecified atom stereocenters. The lowest BCUT2D eigenvalue weighted by Gasteiger charge is -2.47. The van der Waals surface area contributed by atoms with Crippen LogP contribution < -0.4 is 10.6 Å². The van der Waals surface area contributed by atoms with Gasteiger partial charge in [-0.2, -0.15) is 0 Å². The zero-order valence-corrected chi connectivity index (χ0v) is 18.7. The first-order valence-electron chi connectivity index (χ1n) is 10.7. The van der Waals surface area contributed by atoms with Crippen molar-refractivity contribution in [3.63, 3.8) is 0 Å². The molecule has 8 heteroatoms. The molecule has 2 N–H and O–H groups in total. The molecule has 160 valence electrons. The Morgan fingerprint density at radius 2 is 1.83 bits per heavy atom. The van der Waals surface area contributed by atoms with Gasteiger partial charge in [-0.25, -0.2) is 0 Å². The molecule has 0 saturated carbocycles. The number of rotatable bonds is 5. The lowest BCUT2D eigenvalue weighted by atomic mass is 10.0. The van der Waals surface area contributed by atoms with Crippen LogP contribution in [-0.4, -0.2) is 92.1 Å². The van der Waals surface area contributed by atoms with E-state index in [4.69, 9.17) is 23.2 Å². The number of benzene rings is 1. The monoisotopic (exact) mass is 438 g/mol. The van der Waals surface area contributed by atoms with Gasteiger partial charge in [0.05, 0.1) is 10.0 Å². The number of hydrogen-bond acceptors (Lipinski definition) is 4. The molecule has 0 aliphatic carbocycles. The molecule has 4 aliphatic heterocycles. The summed E-state index contributed by atoms with van der Waals surface area (Å²) in [6.07, 6.45) is 2.23. The second kappa shape index (κ2) is 9.84. The van der Waals surface area contributed by atoms with Crippen molar-refractivity contribution in [2.75, 3.05) is 59.4 Å². The second-order valence-electron chi connectivity index (χ2n) is 8.39. The first-order chi connectivity index (χ1) is 14.1. The van der Waals surface area contributed by atoms with Crippen LogP contribution in [0, 0.1) is 0 Å². The number of halogens is 2. The highest BCUT2D eigenvalue weighted by molar-refractivity contribution is 6.42. The van der Waals surface area contributed by atoms with E-state index in [1.807, 2.05) is 19.2 Å². The Morgan fingerprint density at radius 1 is 1.07 bits per heavy atom. The standard InChI is InChI=1S/C21H32Cl2N6/c1-24-21(25-13-18-15-28-8-10-29(18)11-9-28)26-17-4-6-27(7-5-17)14-16-2-3-19(22)20(23)12-16/h2-3,12,17-18H,4-11,13-15H2,1H3,(H2,24,25,26). The van der Waals surface area contributed by atoms with E-state index in [9.17, 15) is 0 Å². The zero-order chi connectivity index (χ0) is 20.2. The summed E-state index contributed by atoms with van der Waals surface area (Å²) in [6.45, 7) is 10.1. The molecule has 1 atom stereocenters. The van der Waals surface area contributed by atoms with Crippen molar-refractivity contribution >= 4 is 29.2 Å². The van der Waals surface area contributed by atoms with Gasteiger partial charge < -0.3 is 10.6 Å². The van der Waals surface area contributed by atoms with Crippen molar-refractivity contribution in [2.45, 2.75) is 31.5 Å². The molecule has 29 heavy (non-hydrogen) atoms. The summed E-state index contributed by atoms with van der Waals surface area (Å²) in [7, 11) is 1.87. The number of hydrogen-bond donors (Lipinski definition) is 2. The summed E-state index contributed by atoms with van der Waals surface area (Å²) in [5.41, 5.74) is 1.22. The van der Waals surface area contributed by atoms with Crippen molar-refractivity contribution in [3.8, 4) is 0 Å². The van der Waals surface area contributed by atoms with Gasteiger partial charge in [0.2, 0.25) is 0 Å². The Hall–Kier alpha value is -1.05. The third kappa shape index (κ3) is 5.56. The smallest absolute Gasteiger partial charge is 0.191 e. The Labute approximate surface area is 184 Å². The van der Waals surface area contributed by atoms with Crippen LogP contribution in [-0.2, 0) is 6.54 Å². The molecule has 4 heterocycles. The van der Waals surface area contributed by atoms with Crippen molar-refractivity contribution in [2.24, 2.45) is 4.99 Å². The number of nitrogens with one attached hydrogen (secondary N) is 2. The van der Waals surface area contributed by atoms with Gasteiger partial charge in [-0.3, -0.25) is 19.7 Å². The number of piperidine rings is 1. The molecule has 5 rings (SSSR count). The van der Waals surface area contributed by atoms with E-state index in [1.165, 1.54) is 38.3 Å². The number of piperazine rings is 3. The van der Waals surface area contributed by atoms with E-state index in [0.717, 1.165) is 45.0 Å². The third-order valence-electron chi connectivity index (χ3n) is 6.44. The summed E-state index contributed by atoms with van der Waals surface area (Å²) in [6, 6.07) is 7.00. The van der Waals surface area contributed by atoms with Gasteiger partial charge in [0.15, 0.2) is 5.96 Å². The van der Waals surface area contributed by atoms with Crippen LogP contribution in [0.15, 0.2) is 23.2 Å². The van der Waals surface area contributed by atoms with Crippen LogP contribution in [0.1, 0.15) is 18.4 Å². The maximum Gasteiger partial charge on any atom is 0.191 e. The summed E-state index contributed by atoms with van der Waals surface area (Å²) in [5.74, 6) is 0.936. The molecule has 6 nitrogen and oxygen atoms in total. The molecule has 1 aromatic carbocycles. The first-order valence-corrected chi connectivity index (χ1v) is 11.5. The quantitative estimate of drug-likeness (QED) is 0.544. The lowest BCUT2D eigenvalue weighted by Crippen LogP contribution is -2.64. The molecule has 4 aliphatic rings. The van der Waals surface area contributed by atoms with E-state index in [2.05, 4.69) is 36.4 Å². The Kier molecular flexibility index (Phi) is 7.19. The highest BCUT2D eigenvalue weighted by atomic mass is 35.5. The van der Waals surface area contributed by atoms with E-state index in [0.29, 0.717) is 22.1 Å². The van der Waals surface area contributed by atoms with Gasteiger partial charge in [0.25, 0.3) is 0 Å². The van der Waals surface area contributed by atoms with Gasteiger partial charge in [-0.15, -0.1) is 0 Å². The fourth-order valence-corrected chi connectivity index (χ4v) is 4.97. The minimum Gasteiger partial charge on any atom is -0.355 e. The van der Waals surface area contributed by atoms with Crippen LogP contribution in [0.4, 0.5) is 0 Å². The maximum absolute atomic E-state index is 6.15. The predicted molar refractivity (Wildman–Crippen MR) is 121 cm³/mol. The fraction of sp³-hybridized carbons (Fsp3) is 0.667. The summed E-state index contributed by atoms with van der Waals surface area (Å²) in [4.78, 5) is 12.1. The van der Waals surface area contributed by atoms with Crippen LogP contribution in [0.3, 0.4) is 0 Å². The van der Waals surface area contributed by atoms with Crippen molar-refractivity contribution in [3.05, 3.63) is 33.8 Å². The van der Waals surface area contributed by atoms with Crippen LogP contribution in [0.2, 0.25) is 10.0 Å². The molecular formula is C21H32Cl2N6. The topological polar surface area (TPSA) is 46.1 Å². The van der Waals surface area contributed by atoms with E-state index in [1.54, 1.807) is 0 Å². The molecule has 0 spiro atoms. The van der Waals surface area contributed by atoms with E-state index in [-0.39, 0.29) is 0 Å². The molecule has 4 saturated heterocycles. The fourth-order valence-electron chi connectivity index (χ4n) is 4.65. The molecule has 0 amide bonds. The Bertz CT molecular complexity index is 711. The van der Waals surface area contributed by atoms with E-state index >= 15 is 0 Å². The maximum atomic E-state index is 6.15. The van der Waals surface area contributed by atoms with Crippen molar-refractivity contribution in [1.82, 2.24) is 25.3 Å². The molecule has 4 fully saturated rings. The zero-order valence-electron chi connectivity index (χ0n) is 17.2. The van der Waals surface area contributed by atoms with Crippen LogP contribution >= 0.6 is 23.2 Å². The number of aliphatic imine (C=N–C) groups is 1. The third-order valence-corrected chi connectivity index (χ3v) is 7.18. The number of guanidine groups is 1. The number of fused-ring (bicyclic) bond motifs is 3. The van der Waals surface area contributed by atoms with Gasteiger partial charge in [0, 0.05) is 78.0 Å². The minimum absolute atomic E-state index is 0.470. The minimum atomic E-state index is 0.470. The molecular weight excluding hydrogens is 407 g/mol. The summed E-state index contributed by atoms with van der Waals surface area (Å²) >= 11 is 12.2. The average molecular weight is 439 g/mol. The molecule has 1 aromatic rings. The largest absolute Gasteiger partial charge is 0.355 e. The van der Waals surface area contributed by atoms with Crippen molar-refractivity contribution in [1.29, 1.82) is 0 Å². The van der Waals surface area contributed by atoms with Crippen LogP contribution in [0.5, 0.6) is 0 Å². The number of nitrogens with zero attached hydrogens (tertiary/aromatic N) is 4. The number of likely N-dealkylation sites (tertiary alicyclic amines) is 1. The molecule has 0 aromatic heterocycles. The average Bonchev–Trinajstić information content (AvgIpc) is 2.76. The summed E-state index contributed by atoms with van der Waals surface area (Å²) < 4.78 is 0. The van der Waals surface area contributed by atoms with Gasteiger partial charge in [-0.1, -0.05) is 29.3 Å². The van der Waals surface area contributed by atoms with Gasteiger partial charge in [0.1, 0.15) is 0 Å². The first kappa shape index (κ1) is 21.2. The Balaban J connectivity index is 1.19. The van der Waals surface area contributed by atoms with Crippen LogP contribution in [0.25, 0.3) is 0 Å². The van der Waals surface area contributed by atoms with Gasteiger partial charge in [-0.05, 0) is 30.5 Å². The highest BCUT2D eigenvalue weighted by Crippen LogP contribution is 2.24. The molecule has 2 bridgehead atoms. The normalized spacial score (nSPS) is 28.5.